The molecule has 0 atom stereocenters. The van der Waals surface area contributed by atoms with Crippen molar-refractivity contribution in [3.05, 3.63) is 212 Å². The smallest absolute Gasteiger partial charge is 0.0541 e. The number of anilines is 3. The van der Waals surface area contributed by atoms with Crippen molar-refractivity contribution in [2.75, 3.05) is 4.90 Å². The van der Waals surface area contributed by atoms with E-state index in [1.165, 1.54) is 44.2 Å². The van der Waals surface area contributed by atoms with Crippen LogP contribution in [0.2, 0.25) is 0 Å². The van der Waals surface area contributed by atoms with Crippen LogP contribution in [0.4, 0.5) is 17.1 Å². The van der Waals surface area contributed by atoms with E-state index in [0.29, 0.717) is 0 Å². The van der Waals surface area contributed by atoms with Crippen LogP contribution in [0.5, 0.6) is 0 Å². The number of benzene rings is 7. The molecule has 0 spiro atoms. The molecule has 53 heavy (non-hydrogen) atoms. The minimum absolute atomic E-state index is 0.0741. The van der Waals surface area contributed by atoms with Gasteiger partial charge >= 0.3 is 0 Å². The summed E-state index contributed by atoms with van der Waals surface area (Å²) in [5, 5.41) is 2.40. The minimum Gasteiger partial charge on any atom is -0.310 e. The van der Waals surface area contributed by atoms with Gasteiger partial charge in [0.15, 0.2) is 0 Å². The second-order valence-electron chi connectivity index (χ2n) is 14.4. The molecule has 0 N–H and O–H groups in total. The number of hydrogen-bond donors (Lipinski definition) is 0. The van der Waals surface area contributed by atoms with Gasteiger partial charge < -0.3 is 9.47 Å². The Morgan fingerprint density at radius 1 is 0.509 bits per heavy atom. The summed E-state index contributed by atoms with van der Waals surface area (Å²) in [6.45, 7) is 13.5. The lowest BCUT2D eigenvalue weighted by atomic mass is 9.82. The maximum Gasteiger partial charge on any atom is 0.0541 e. The highest BCUT2D eigenvalue weighted by Crippen LogP contribution is 2.50. The Bertz CT molecular complexity index is 2710. The second-order valence-corrected chi connectivity index (χ2v) is 14.4. The van der Waals surface area contributed by atoms with Crippen molar-refractivity contribution in [1.29, 1.82) is 0 Å². The molecule has 0 amide bonds. The Morgan fingerprint density at radius 2 is 1.11 bits per heavy atom. The normalized spacial score (nSPS) is 12.9. The zero-order chi connectivity index (χ0) is 36.1. The van der Waals surface area contributed by atoms with E-state index in [1.54, 1.807) is 0 Å². The molecule has 0 saturated heterocycles. The Balaban J connectivity index is 1.07. The summed E-state index contributed by atoms with van der Waals surface area (Å²) in [6.07, 6.45) is 4.11. The lowest BCUT2D eigenvalue weighted by Gasteiger charge is -2.28. The van der Waals surface area contributed by atoms with Gasteiger partial charge in [-0.2, -0.15) is 0 Å². The molecule has 0 aliphatic heterocycles. The van der Waals surface area contributed by atoms with Gasteiger partial charge in [-0.05, 0) is 105 Å². The highest BCUT2D eigenvalue weighted by molar-refractivity contribution is 6.11. The fourth-order valence-corrected chi connectivity index (χ4v) is 8.14. The number of hydrogen-bond acceptors (Lipinski definition) is 1. The summed E-state index contributed by atoms with van der Waals surface area (Å²) in [5.41, 5.74) is 16.3. The van der Waals surface area contributed by atoms with Gasteiger partial charge in [0.2, 0.25) is 0 Å². The largest absolute Gasteiger partial charge is 0.310 e. The van der Waals surface area contributed by atoms with E-state index in [1.807, 2.05) is 18.2 Å². The molecular weight excluding hydrogens is 641 g/mol. The van der Waals surface area contributed by atoms with Crippen molar-refractivity contribution in [3.8, 4) is 22.3 Å². The van der Waals surface area contributed by atoms with E-state index in [9.17, 15) is 0 Å². The summed E-state index contributed by atoms with van der Waals surface area (Å²) in [6, 6.07) is 61.0. The van der Waals surface area contributed by atoms with Crippen LogP contribution in [0, 0.1) is 0 Å². The van der Waals surface area contributed by atoms with Crippen LogP contribution < -0.4 is 4.90 Å². The summed E-state index contributed by atoms with van der Waals surface area (Å²) in [7, 11) is 0. The van der Waals surface area contributed by atoms with Gasteiger partial charge in [-0.25, -0.2) is 0 Å². The van der Waals surface area contributed by atoms with Crippen molar-refractivity contribution in [2.45, 2.75) is 19.3 Å². The van der Waals surface area contributed by atoms with Gasteiger partial charge in [-0.1, -0.05) is 148 Å². The molecular formula is C51H40N2. The molecule has 0 bridgehead atoms. The molecule has 2 heteroatoms. The number of aromatic nitrogens is 1. The minimum atomic E-state index is -0.0741. The van der Waals surface area contributed by atoms with Crippen LogP contribution >= 0.6 is 0 Å². The molecule has 7 aromatic carbocycles. The fraction of sp³-hybridized carbons (Fsp3) is 0.0588. The molecule has 254 valence electrons. The lowest BCUT2D eigenvalue weighted by Crippen LogP contribution is -2.16. The monoisotopic (exact) mass is 680 g/mol. The Kier molecular flexibility index (Phi) is 7.82. The first-order valence-corrected chi connectivity index (χ1v) is 18.2. The molecule has 1 heterocycles. The topological polar surface area (TPSA) is 8.17 Å². The average molecular weight is 681 g/mol. The Hall–Kier alpha value is -6.64. The van der Waals surface area contributed by atoms with Gasteiger partial charge in [0.1, 0.15) is 0 Å². The van der Waals surface area contributed by atoms with Crippen molar-refractivity contribution >= 4 is 50.1 Å². The molecule has 1 aromatic heterocycles. The number of rotatable bonds is 8. The van der Waals surface area contributed by atoms with E-state index in [-0.39, 0.29) is 5.41 Å². The molecule has 0 radical (unpaired) electrons. The maximum absolute atomic E-state index is 4.49. The SMILES string of the molecule is C=C(/C=C\C(=C)n1c2ccccc2c2cc(-c3ccc(N(c4ccccc4)c4ccc5c(c4)C(C)(C)c4ccccc4-5)cc3)ccc21)c1ccccc1. The summed E-state index contributed by atoms with van der Waals surface area (Å²) >= 11 is 0. The molecule has 0 saturated carbocycles. The van der Waals surface area contributed by atoms with Crippen LogP contribution in [0.3, 0.4) is 0 Å². The van der Waals surface area contributed by atoms with Crippen molar-refractivity contribution in [3.63, 3.8) is 0 Å². The van der Waals surface area contributed by atoms with Gasteiger partial charge in [-0.15, -0.1) is 0 Å². The first-order valence-electron chi connectivity index (χ1n) is 18.2. The van der Waals surface area contributed by atoms with Crippen LogP contribution in [0.1, 0.15) is 30.5 Å². The maximum atomic E-state index is 4.49. The molecule has 1 aliphatic rings. The number of fused-ring (bicyclic) bond motifs is 6. The van der Waals surface area contributed by atoms with E-state index < -0.39 is 0 Å². The number of para-hydroxylation sites is 2. The predicted molar refractivity (Wildman–Crippen MR) is 227 cm³/mol. The van der Waals surface area contributed by atoms with Gasteiger partial charge in [0, 0.05) is 38.9 Å². The molecule has 0 fully saturated rings. The number of nitrogens with zero attached hydrogens (tertiary/aromatic N) is 2. The third kappa shape index (κ3) is 5.51. The third-order valence-corrected chi connectivity index (χ3v) is 10.9. The van der Waals surface area contributed by atoms with Crippen molar-refractivity contribution in [2.24, 2.45) is 0 Å². The van der Waals surface area contributed by atoms with Crippen molar-refractivity contribution in [1.82, 2.24) is 4.57 Å². The molecule has 9 rings (SSSR count). The van der Waals surface area contributed by atoms with Crippen LogP contribution in [0.25, 0.3) is 55.3 Å². The van der Waals surface area contributed by atoms with Gasteiger partial charge in [0.05, 0.1) is 11.0 Å². The fourth-order valence-electron chi connectivity index (χ4n) is 8.14. The van der Waals surface area contributed by atoms with E-state index in [2.05, 4.69) is 200 Å². The van der Waals surface area contributed by atoms with E-state index in [4.69, 9.17) is 0 Å². The zero-order valence-electron chi connectivity index (χ0n) is 30.1. The van der Waals surface area contributed by atoms with Crippen LogP contribution in [0.15, 0.2) is 195 Å². The Labute approximate surface area is 311 Å². The Morgan fingerprint density at radius 3 is 1.91 bits per heavy atom. The first kappa shape index (κ1) is 32.3. The standard InChI is InChI=1S/C51H40N2/c1-35(37-15-7-5-8-16-37)23-24-36(2)52-49-22-14-12-20-45(49)46-33-39(27-32-50(46)52)38-25-28-41(29-26-38)53(40-17-9-6-10-18-40)42-30-31-44-43-19-11-13-21-47(43)51(3,4)48(44)34-42/h5-34H,1-2H2,3-4H3/b24-23-. The molecule has 1 aliphatic carbocycles. The average Bonchev–Trinajstić information content (AvgIpc) is 3.66. The third-order valence-electron chi connectivity index (χ3n) is 10.9. The summed E-state index contributed by atoms with van der Waals surface area (Å²) in [5.74, 6) is 0. The van der Waals surface area contributed by atoms with E-state index >= 15 is 0 Å². The van der Waals surface area contributed by atoms with Gasteiger partial charge in [0.25, 0.3) is 0 Å². The molecule has 8 aromatic rings. The highest BCUT2D eigenvalue weighted by Gasteiger charge is 2.35. The molecule has 0 unspecified atom stereocenters. The predicted octanol–water partition coefficient (Wildman–Crippen LogP) is 14.0. The van der Waals surface area contributed by atoms with Crippen molar-refractivity contribution < 1.29 is 0 Å². The second kappa shape index (κ2) is 12.8. The van der Waals surface area contributed by atoms with Gasteiger partial charge in [-0.3, -0.25) is 0 Å². The summed E-state index contributed by atoms with van der Waals surface area (Å²) in [4.78, 5) is 2.37. The lowest BCUT2D eigenvalue weighted by molar-refractivity contribution is 0.660. The van der Waals surface area contributed by atoms with E-state index in [0.717, 1.165) is 44.9 Å². The quantitative estimate of drug-likeness (QED) is 0.145. The zero-order valence-corrected chi connectivity index (χ0v) is 30.1. The highest BCUT2D eigenvalue weighted by atomic mass is 15.1. The summed E-state index contributed by atoms with van der Waals surface area (Å²) < 4.78 is 2.25. The number of allylic oxidation sites excluding steroid dienone is 4. The first-order chi connectivity index (χ1) is 25.9. The molecule has 2 nitrogen and oxygen atoms in total. The van der Waals surface area contributed by atoms with Crippen LogP contribution in [-0.2, 0) is 5.41 Å². The van der Waals surface area contributed by atoms with Crippen LogP contribution in [-0.4, -0.2) is 4.57 Å².